The highest BCUT2D eigenvalue weighted by Gasteiger charge is 2.31. The fourth-order valence-electron chi connectivity index (χ4n) is 3.47. The zero-order chi connectivity index (χ0) is 15.5. The van der Waals surface area contributed by atoms with Crippen molar-refractivity contribution in [1.82, 2.24) is 10.2 Å². The Balaban J connectivity index is 1.44. The summed E-state index contributed by atoms with van der Waals surface area (Å²) in [4.78, 5) is 27.0. The molecule has 1 heterocycles. The van der Waals surface area contributed by atoms with Gasteiger partial charge in [-0.2, -0.15) is 0 Å². The van der Waals surface area contributed by atoms with Crippen LogP contribution in [0.5, 0.6) is 0 Å². The second kappa shape index (κ2) is 6.90. The molecule has 1 N–H and O–H groups in total. The molecule has 0 aromatic rings. The molecule has 3 rings (SSSR count). The molecule has 1 atom stereocenters. The zero-order valence-corrected chi connectivity index (χ0v) is 14.0. The van der Waals surface area contributed by atoms with Crippen molar-refractivity contribution in [3.8, 4) is 0 Å². The Bertz CT molecular complexity index is 521. The van der Waals surface area contributed by atoms with E-state index in [1.54, 1.807) is 17.8 Å². The predicted molar refractivity (Wildman–Crippen MR) is 89.1 cm³/mol. The largest absolute Gasteiger partial charge is 0.362 e. The normalized spacial score (nSPS) is 25.6. The minimum atomic E-state index is 0.186. The van der Waals surface area contributed by atoms with Crippen LogP contribution in [0.15, 0.2) is 22.8 Å². The maximum Gasteiger partial charge on any atom is 0.223 e. The molecule has 1 saturated carbocycles. The third-order valence-electron chi connectivity index (χ3n) is 4.80. The van der Waals surface area contributed by atoms with Gasteiger partial charge in [-0.3, -0.25) is 9.59 Å². The second-order valence-electron chi connectivity index (χ2n) is 6.38. The monoisotopic (exact) mass is 320 g/mol. The minimum Gasteiger partial charge on any atom is -0.362 e. The molecule has 1 amide bonds. The third-order valence-corrected chi connectivity index (χ3v) is 6.27. The van der Waals surface area contributed by atoms with Crippen molar-refractivity contribution in [2.75, 3.05) is 13.6 Å². The molecule has 0 aromatic carbocycles. The van der Waals surface area contributed by atoms with Crippen LogP contribution in [-0.2, 0) is 9.59 Å². The summed E-state index contributed by atoms with van der Waals surface area (Å²) in [5.41, 5.74) is 1.17. The Kier molecular flexibility index (Phi) is 4.91. The first-order valence-electron chi connectivity index (χ1n) is 8.26. The van der Waals surface area contributed by atoms with Crippen LogP contribution in [0.3, 0.4) is 0 Å². The van der Waals surface area contributed by atoms with E-state index in [2.05, 4.69) is 17.3 Å². The van der Waals surface area contributed by atoms with Gasteiger partial charge < -0.3 is 10.2 Å². The van der Waals surface area contributed by atoms with Crippen molar-refractivity contribution in [3.63, 3.8) is 0 Å². The number of carbonyl (C=O) groups excluding carboxylic acids is 2. The first kappa shape index (κ1) is 15.7. The number of ketones is 1. The summed E-state index contributed by atoms with van der Waals surface area (Å²) in [5.74, 6) is 0.652. The summed E-state index contributed by atoms with van der Waals surface area (Å²) < 4.78 is 0. The van der Waals surface area contributed by atoms with Crippen molar-refractivity contribution < 1.29 is 9.59 Å². The van der Waals surface area contributed by atoms with Crippen LogP contribution in [0.2, 0.25) is 0 Å². The molecule has 1 unspecified atom stereocenters. The SMILES string of the molecule is CN1C2=C(CC(=O)C=C2)SC1CCNC(=O)C1CCCCC1. The van der Waals surface area contributed by atoms with Gasteiger partial charge in [0.1, 0.15) is 0 Å². The van der Waals surface area contributed by atoms with Crippen molar-refractivity contribution >= 4 is 23.5 Å². The van der Waals surface area contributed by atoms with Crippen LogP contribution >= 0.6 is 11.8 Å². The number of rotatable bonds is 4. The van der Waals surface area contributed by atoms with Gasteiger partial charge in [-0.25, -0.2) is 0 Å². The van der Waals surface area contributed by atoms with Gasteiger partial charge in [0, 0.05) is 36.5 Å². The maximum atomic E-state index is 12.1. The van der Waals surface area contributed by atoms with Crippen molar-refractivity contribution in [2.45, 2.75) is 50.3 Å². The summed E-state index contributed by atoms with van der Waals surface area (Å²) in [7, 11) is 2.07. The first-order chi connectivity index (χ1) is 10.6. The lowest BCUT2D eigenvalue weighted by Crippen LogP contribution is -2.35. The third kappa shape index (κ3) is 3.40. The average Bonchev–Trinajstić information content (AvgIpc) is 2.83. The number of allylic oxidation sites excluding steroid dienone is 3. The molecule has 0 saturated heterocycles. The van der Waals surface area contributed by atoms with Gasteiger partial charge in [0.05, 0.1) is 5.37 Å². The van der Waals surface area contributed by atoms with Crippen LogP contribution < -0.4 is 5.32 Å². The van der Waals surface area contributed by atoms with E-state index < -0.39 is 0 Å². The Hall–Kier alpha value is -1.23. The maximum absolute atomic E-state index is 12.1. The van der Waals surface area contributed by atoms with Crippen LogP contribution in [0, 0.1) is 5.92 Å². The molecule has 22 heavy (non-hydrogen) atoms. The van der Waals surface area contributed by atoms with Crippen molar-refractivity contribution in [3.05, 3.63) is 22.8 Å². The quantitative estimate of drug-likeness (QED) is 0.865. The molecule has 0 radical (unpaired) electrons. The number of amides is 1. The number of hydrogen-bond donors (Lipinski definition) is 1. The Morgan fingerprint density at radius 3 is 2.86 bits per heavy atom. The Labute approximate surface area is 136 Å². The van der Waals surface area contributed by atoms with Gasteiger partial charge in [0.2, 0.25) is 5.91 Å². The van der Waals surface area contributed by atoms with Gasteiger partial charge in [-0.05, 0) is 31.4 Å². The number of nitrogens with zero attached hydrogens (tertiary/aromatic N) is 1. The van der Waals surface area contributed by atoms with Crippen molar-refractivity contribution in [2.24, 2.45) is 5.92 Å². The van der Waals surface area contributed by atoms with E-state index in [9.17, 15) is 9.59 Å². The van der Waals surface area contributed by atoms with Gasteiger partial charge >= 0.3 is 0 Å². The van der Waals surface area contributed by atoms with Crippen molar-refractivity contribution in [1.29, 1.82) is 0 Å². The Morgan fingerprint density at radius 1 is 1.32 bits per heavy atom. The van der Waals surface area contributed by atoms with Gasteiger partial charge in [0.25, 0.3) is 0 Å². The smallest absolute Gasteiger partial charge is 0.223 e. The lowest BCUT2D eigenvalue weighted by atomic mass is 9.89. The highest BCUT2D eigenvalue weighted by molar-refractivity contribution is 8.03. The number of nitrogens with one attached hydrogen (secondary N) is 1. The molecular weight excluding hydrogens is 296 g/mol. The van der Waals surface area contributed by atoms with Crippen LogP contribution in [-0.4, -0.2) is 35.6 Å². The molecular formula is C17H24N2O2S. The zero-order valence-electron chi connectivity index (χ0n) is 13.1. The highest BCUT2D eigenvalue weighted by atomic mass is 32.2. The summed E-state index contributed by atoms with van der Waals surface area (Å²) in [6, 6.07) is 0. The molecule has 3 aliphatic rings. The predicted octanol–water partition coefficient (Wildman–Crippen LogP) is 2.82. The molecule has 1 fully saturated rings. The molecule has 4 nitrogen and oxygen atoms in total. The van der Waals surface area contributed by atoms with Crippen LogP contribution in [0.25, 0.3) is 0 Å². The van der Waals surface area contributed by atoms with E-state index in [1.807, 2.05) is 6.08 Å². The molecule has 1 aliphatic heterocycles. The first-order valence-corrected chi connectivity index (χ1v) is 9.14. The number of likely N-dealkylation sites (N-methyl/N-ethyl adjacent to an activating group) is 1. The standard InChI is InChI=1S/C17H24N2O2S/c1-19-14-8-7-13(20)11-15(14)22-16(19)9-10-18-17(21)12-5-3-2-4-6-12/h7-8,12,16H,2-6,9-11H2,1H3,(H,18,21). The topological polar surface area (TPSA) is 49.4 Å². The fraction of sp³-hybridized carbons (Fsp3) is 0.647. The lowest BCUT2D eigenvalue weighted by molar-refractivity contribution is -0.125. The summed E-state index contributed by atoms with van der Waals surface area (Å²) >= 11 is 1.78. The van der Waals surface area contributed by atoms with Gasteiger partial charge in [0.15, 0.2) is 5.78 Å². The summed E-state index contributed by atoms with van der Waals surface area (Å²) in [6.45, 7) is 0.718. The Morgan fingerprint density at radius 2 is 2.09 bits per heavy atom. The molecule has 120 valence electrons. The van der Waals surface area contributed by atoms with E-state index in [0.717, 1.165) is 25.8 Å². The second-order valence-corrected chi connectivity index (χ2v) is 7.66. The summed E-state index contributed by atoms with van der Waals surface area (Å²) in [6.07, 6.45) is 10.8. The molecule has 5 heteroatoms. The van der Waals surface area contributed by atoms with Gasteiger partial charge in [-0.15, -0.1) is 11.8 Å². The van der Waals surface area contributed by atoms with E-state index in [-0.39, 0.29) is 17.6 Å². The lowest BCUT2D eigenvalue weighted by Gasteiger charge is -2.24. The molecule has 0 bridgehead atoms. The number of carbonyl (C=O) groups is 2. The van der Waals surface area contributed by atoms with E-state index >= 15 is 0 Å². The highest BCUT2D eigenvalue weighted by Crippen LogP contribution is 2.42. The van der Waals surface area contributed by atoms with E-state index in [0.29, 0.717) is 11.8 Å². The van der Waals surface area contributed by atoms with Crippen LogP contribution in [0.1, 0.15) is 44.9 Å². The van der Waals surface area contributed by atoms with E-state index in [1.165, 1.54) is 29.9 Å². The molecule has 0 spiro atoms. The fourth-order valence-corrected chi connectivity index (χ4v) is 4.86. The number of hydrogen-bond acceptors (Lipinski definition) is 4. The molecule has 0 aromatic heterocycles. The average molecular weight is 320 g/mol. The minimum absolute atomic E-state index is 0.186. The summed E-state index contributed by atoms with van der Waals surface area (Å²) in [5, 5.41) is 3.43. The van der Waals surface area contributed by atoms with Crippen LogP contribution in [0.4, 0.5) is 0 Å². The van der Waals surface area contributed by atoms with Gasteiger partial charge in [-0.1, -0.05) is 19.3 Å². The molecule has 2 aliphatic carbocycles. The number of thioether (sulfide) groups is 1. The van der Waals surface area contributed by atoms with E-state index in [4.69, 9.17) is 0 Å².